The number of nitrogens with zero attached hydrogens (tertiary/aromatic N) is 10. The van der Waals surface area contributed by atoms with E-state index in [9.17, 15) is 28.8 Å². The first-order valence-corrected chi connectivity index (χ1v) is 25.9. The summed E-state index contributed by atoms with van der Waals surface area (Å²) in [4.78, 5) is 101. The van der Waals surface area contributed by atoms with Gasteiger partial charge in [0.1, 0.15) is 23.1 Å². The molecule has 21 nitrogen and oxygen atoms in total. The van der Waals surface area contributed by atoms with Crippen LogP contribution in [0.4, 0.5) is 23.1 Å². The molecular weight excluding hydrogens is 909 g/mol. The van der Waals surface area contributed by atoms with Crippen LogP contribution in [0.25, 0.3) is 0 Å². The van der Waals surface area contributed by atoms with Crippen molar-refractivity contribution in [3.8, 4) is 0 Å². The number of carbonyl (C=O) groups is 6. The first-order chi connectivity index (χ1) is 34.5. The predicted molar refractivity (Wildman–Crippen MR) is 264 cm³/mol. The highest BCUT2D eigenvalue weighted by Crippen LogP contribution is 2.34. The Morgan fingerprint density at radius 2 is 1.45 bits per heavy atom. The van der Waals surface area contributed by atoms with E-state index in [-0.39, 0.29) is 60.7 Å². The zero-order valence-electron chi connectivity index (χ0n) is 41.2. The summed E-state index contributed by atoms with van der Waals surface area (Å²) < 4.78 is 6.99. The van der Waals surface area contributed by atoms with Gasteiger partial charge in [0.15, 0.2) is 0 Å². The van der Waals surface area contributed by atoms with Crippen molar-refractivity contribution in [2.24, 2.45) is 24.8 Å². The third-order valence-corrected chi connectivity index (χ3v) is 15.6. The molecule has 1 atom stereocenters. The normalized spacial score (nSPS) is 25.0. The van der Waals surface area contributed by atoms with E-state index in [0.717, 1.165) is 148 Å². The molecule has 0 bridgehead atoms. The minimum atomic E-state index is -0.741. The molecule has 0 spiro atoms. The molecule has 6 fully saturated rings. The van der Waals surface area contributed by atoms with Crippen molar-refractivity contribution in [3.63, 3.8) is 0 Å². The van der Waals surface area contributed by atoms with Gasteiger partial charge in [-0.05, 0) is 95.6 Å². The van der Waals surface area contributed by atoms with Crippen LogP contribution in [0.1, 0.15) is 105 Å². The van der Waals surface area contributed by atoms with Gasteiger partial charge in [0.2, 0.25) is 29.6 Å². The van der Waals surface area contributed by atoms with Crippen LogP contribution < -0.4 is 26.2 Å². The predicted octanol–water partition coefficient (Wildman–Crippen LogP) is 2.79. The number of nitrogens with one attached hydrogen (secondary N) is 4. The molecule has 6 aliphatic rings. The van der Waals surface area contributed by atoms with Gasteiger partial charge in [0.05, 0.1) is 30.4 Å². The van der Waals surface area contributed by atoms with Crippen molar-refractivity contribution in [2.75, 3.05) is 94.1 Å². The maximum absolute atomic E-state index is 13.8. The topological polar surface area (TPSA) is 232 Å². The lowest BCUT2D eigenvalue weighted by atomic mass is 9.80. The third-order valence-electron chi connectivity index (χ3n) is 15.6. The molecule has 382 valence electrons. The Hall–Kier alpha value is -6.22. The minimum Gasteiger partial charge on any atom is -0.462 e. The maximum Gasteiger partial charge on any atom is 0.343 e. The fourth-order valence-electron chi connectivity index (χ4n) is 11.4. The summed E-state index contributed by atoms with van der Waals surface area (Å²) in [5.74, 6) is 0.194. The first kappa shape index (κ1) is 49.7. The largest absolute Gasteiger partial charge is 0.462 e. The SMILES string of the molecule is CCOC(=O)c1cnc(Nc2cnn(C)c2)nc1NC1CCC(N2CCN(C(=O)C3CCC(C(=O)N4CCC(CN5CCN(c6ccc(C(=O)NC7CCC(=O)NC7=O)nc6)CC5)CC4)CC3)CC2)CC1. The number of carbonyl (C=O) groups excluding carboxylic acids is 6. The molecule has 0 radical (unpaired) electrons. The summed E-state index contributed by atoms with van der Waals surface area (Å²) >= 11 is 0. The zero-order chi connectivity index (χ0) is 49.4. The lowest BCUT2D eigenvalue weighted by molar-refractivity contribution is -0.143. The number of esters is 1. The Labute approximate surface area is 415 Å². The standard InChI is InChI=1S/C50H70N14O7/c1-3-71-49(70)40-30-52-50(55-37-28-53-59(2)32-37)58-44(40)54-36-8-10-38(11-9-36)61-24-26-64(27-25-61)48(69)35-6-4-34(5-7-35)47(68)63-18-16-33(17-19-63)31-60-20-22-62(23-21-60)39-12-13-41(51-29-39)45(66)56-42-14-15-43(65)57-46(42)67/h12-13,28-30,32-36,38,42H,3-11,14-27,31H2,1-2H3,(H,56,66)(H,57,65,67)(H2,52,54,55,58). The quantitative estimate of drug-likeness (QED) is 0.134. The number of pyridine rings is 1. The summed E-state index contributed by atoms with van der Waals surface area (Å²) in [5.41, 5.74) is 2.24. The van der Waals surface area contributed by atoms with Gasteiger partial charge >= 0.3 is 5.97 Å². The fourth-order valence-corrected chi connectivity index (χ4v) is 11.4. The van der Waals surface area contributed by atoms with Crippen LogP contribution in [-0.2, 0) is 31.0 Å². The van der Waals surface area contributed by atoms with Crippen LogP contribution in [0.3, 0.4) is 0 Å². The Balaban J connectivity index is 0.645. The van der Waals surface area contributed by atoms with Gasteiger partial charge in [-0.2, -0.15) is 10.1 Å². The lowest BCUT2D eigenvalue weighted by Crippen LogP contribution is -2.54. The van der Waals surface area contributed by atoms with Gasteiger partial charge in [-0.1, -0.05) is 0 Å². The van der Waals surface area contributed by atoms with Crippen molar-refractivity contribution >= 4 is 58.6 Å². The van der Waals surface area contributed by atoms with Gasteiger partial charge in [0.25, 0.3) is 5.91 Å². The number of aryl methyl sites for hydroxylation is 1. The Morgan fingerprint density at radius 1 is 0.761 bits per heavy atom. The highest BCUT2D eigenvalue weighted by Gasteiger charge is 2.37. The van der Waals surface area contributed by atoms with E-state index in [4.69, 9.17) is 4.74 Å². The van der Waals surface area contributed by atoms with Crippen LogP contribution in [-0.4, -0.2) is 177 Å². The molecule has 7 heterocycles. The Kier molecular flexibility index (Phi) is 16.0. The maximum atomic E-state index is 13.8. The summed E-state index contributed by atoms with van der Waals surface area (Å²) in [6.45, 7) is 11.4. The van der Waals surface area contributed by atoms with Gasteiger partial charge < -0.3 is 35.4 Å². The molecule has 9 rings (SSSR count). The second-order valence-electron chi connectivity index (χ2n) is 20.2. The number of hydrogen-bond acceptors (Lipinski definition) is 16. The minimum absolute atomic E-state index is 0.00469. The number of piperidine rings is 2. The van der Waals surface area contributed by atoms with Gasteiger partial charge in [-0.15, -0.1) is 0 Å². The highest BCUT2D eigenvalue weighted by atomic mass is 16.5. The second-order valence-corrected chi connectivity index (χ2v) is 20.2. The molecule has 3 aromatic rings. The molecule has 21 heteroatoms. The fraction of sp³-hybridized carbons (Fsp3) is 0.640. The number of aromatic nitrogens is 5. The summed E-state index contributed by atoms with van der Waals surface area (Å²) in [6, 6.07) is 3.42. The molecular formula is C50H70N14O7. The van der Waals surface area contributed by atoms with E-state index in [1.54, 1.807) is 30.1 Å². The molecule has 4 aliphatic heterocycles. The number of likely N-dealkylation sites (tertiary alicyclic amines) is 1. The van der Waals surface area contributed by atoms with Crippen LogP contribution in [0, 0.1) is 17.8 Å². The number of hydrogen-bond donors (Lipinski definition) is 4. The van der Waals surface area contributed by atoms with E-state index in [0.29, 0.717) is 29.3 Å². The van der Waals surface area contributed by atoms with Crippen LogP contribution in [0.2, 0.25) is 0 Å². The third kappa shape index (κ3) is 12.5. The van der Waals surface area contributed by atoms with Gasteiger partial charge in [-0.3, -0.25) is 43.8 Å². The number of anilines is 4. The molecule has 4 saturated heterocycles. The number of piperazine rings is 2. The van der Waals surface area contributed by atoms with E-state index in [1.807, 2.05) is 19.3 Å². The van der Waals surface area contributed by atoms with E-state index in [1.165, 1.54) is 6.20 Å². The van der Waals surface area contributed by atoms with Crippen molar-refractivity contribution in [1.82, 2.24) is 55.0 Å². The number of rotatable bonds is 14. The zero-order valence-corrected chi connectivity index (χ0v) is 41.2. The van der Waals surface area contributed by atoms with Crippen molar-refractivity contribution in [3.05, 3.63) is 48.2 Å². The van der Waals surface area contributed by atoms with Gasteiger partial charge in [0, 0.05) is 122 Å². The molecule has 5 amide bonds. The van der Waals surface area contributed by atoms with E-state index in [2.05, 4.69) is 65.8 Å². The number of amides is 5. The molecule has 1 unspecified atom stereocenters. The van der Waals surface area contributed by atoms with E-state index >= 15 is 0 Å². The summed E-state index contributed by atoms with van der Waals surface area (Å²) in [6.07, 6.45) is 16.2. The van der Waals surface area contributed by atoms with Crippen LogP contribution >= 0.6 is 0 Å². The van der Waals surface area contributed by atoms with Gasteiger partial charge in [-0.25, -0.2) is 14.8 Å². The molecule has 3 aromatic heterocycles. The molecule has 2 saturated carbocycles. The average molecular weight is 979 g/mol. The molecule has 2 aliphatic carbocycles. The Bertz CT molecular complexity index is 2360. The smallest absolute Gasteiger partial charge is 0.343 e. The summed E-state index contributed by atoms with van der Waals surface area (Å²) in [7, 11) is 1.83. The average Bonchev–Trinajstić information content (AvgIpc) is 3.81. The second kappa shape index (κ2) is 22.9. The number of ether oxygens (including phenoxy) is 1. The molecule has 0 aromatic carbocycles. The van der Waals surface area contributed by atoms with Crippen LogP contribution in [0.5, 0.6) is 0 Å². The van der Waals surface area contributed by atoms with Crippen LogP contribution in [0.15, 0.2) is 36.9 Å². The Morgan fingerprint density at radius 3 is 2.07 bits per heavy atom. The summed E-state index contributed by atoms with van der Waals surface area (Å²) in [5, 5.41) is 15.8. The van der Waals surface area contributed by atoms with Crippen molar-refractivity contribution < 1.29 is 33.5 Å². The van der Waals surface area contributed by atoms with E-state index < -0.39 is 23.8 Å². The van der Waals surface area contributed by atoms with Crippen molar-refractivity contribution in [1.29, 1.82) is 0 Å². The lowest BCUT2D eigenvalue weighted by Gasteiger charge is -2.43. The molecule has 71 heavy (non-hydrogen) atoms. The monoisotopic (exact) mass is 979 g/mol. The van der Waals surface area contributed by atoms with Crippen molar-refractivity contribution in [2.45, 2.75) is 102 Å². The highest BCUT2D eigenvalue weighted by molar-refractivity contribution is 6.03. The number of imide groups is 1. The molecule has 4 N–H and O–H groups in total. The first-order valence-electron chi connectivity index (χ1n) is 25.9.